The van der Waals surface area contributed by atoms with E-state index in [0.717, 1.165) is 56.1 Å². The summed E-state index contributed by atoms with van der Waals surface area (Å²) in [7, 11) is 0. The molecule has 1 radical (unpaired) electrons. The molecule has 2 aromatic carbocycles. The van der Waals surface area contributed by atoms with Crippen LogP contribution < -0.4 is 9.47 Å². The molecule has 4 nitrogen and oxygen atoms in total. The molecule has 29 heavy (non-hydrogen) atoms. The summed E-state index contributed by atoms with van der Waals surface area (Å²) in [5.41, 5.74) is 4.44. The van der Waals surface area contributed by atoms with Gasteiger partial charge in [-0.1, -0.05) is 19.0 Å². The topological polar surface area (TPSA) is 44.5 Å². The molecule has 0 N–H and O–H groups in total. The van der Waals surface area contributed by atoms with Crippen LogP contribution in [0.3, 0.4) is 0 Å². The summed E-state index contributed by atoms with van der Waals surface area (Å²) in [5, 5.41) is 3.99. The zero-order valence-corrected chi connectivity index (χ0v) is 19.8. The van der Waals surface area contributed by atoms with Crippen molar-refractivity contribution >= 4 is 31.9 Å². The summed E-state index contributed by atoms with van der Waals surface area (Å²) in [6.45, 7) is 6.53. The summed E-state index contributed by atoms with van der Waals surface area (Å²) >= 11 is 7.40. The predicted molar refractivity (Wildman–Crippen MR) is 120 cm³/mol. The van der Waals surface area contributed by atoms with Gasteiger partial charge in [-0.2, -0.15) is 0 Å². The van der Waals surface area contributed by atoms with Crippen LogP contribution in [0.2, 0.25) is 0 Å². The summed E-state index contributed by atoms with van der Waals surface area (Å²) < 4.78 is 19.4. The van der Waals surface area contributed by atoms with E-state index in [0.29, 0.717) is 6.61 Å². The number of benzene rings is 2. The molecule has 1 aliphatic carbocycles. The quantitative estimate of drug-likeness (QED) is 0.338. The van der Waals surface area contributed by atoms with E-state index in [1.807, 2.05) is 31.2 Å². The first-order chi connectivity index (χ1) is 13.9. The van der Waals surface area contributed by atoms with Gasteiger partial charge >= 0.3 is 0 Å². The van der Waals surface area contributed by atoms with Gasteiger partial charge in [-0.3, -0.25) is 0 Å². The van der Waals surface area contributed by atoms with E-state index in [1.165, 1.54) is 11.1 Å². The van der Waals surface area contributed by atoms with E-state index in [9.17, 15) is 0 Å². The van der Waals surface area contributed by atoms with Crippen molar-refractivity contribution in [1.29, 1.82) is 0 Å². The van der Waals surface area contributed by atoms with Crippen LogP contribution in [0.25, 0.3) is 0 Å². The second-order valence-corrected chi connectivity index (χ2v) is 9.13. The molecule has 0 spiro atoms. The first kappa shape index (κ1) is 20.5. The van der Waals surface area contributed by atoms with Crippen molar-refractivity contribution in [3.8, 4) is 17.2 Å². The van der Waals surface area contributed by atoms with Crippen molar-refractivity contribution in [2.75, 3.05) is 0 Å². The Morgan fingerprint density at radius 1 is 1.17 bits per heavy atom. The molecular weight excluding hydrogens is 498 g/mol. The lowest BCUT2D eigenvalue weighted by atomic mass is 10.0. The Balaban J connectivity index is 1.58. The Kier molecular flexibility index (Phi) is 6.02. The van der Waals surface area contributed by atoms with Gasteiger partial charge in [0.15, 0.2) is 5.75 Å². The molecule has 0 bridgehead atoms. The highest BCUT2D eigenvalue weighted by atomic mass is 79.9. The molecule has 3 aromatic rings. The maximum Gasteiger partial charge on any atom is 0.156 e. The highest BCUT2D eigenvalue weighted by Gasteiger charge is 2.21. The fourth-order valence-corrected chi connectivity index (χ4v) is 5.00. The number of aryl methyl sites for hydroxylation is 1. The number of hydrogen-bond acceptors (Lipinski definition) is 4. The third-order valence-electron chi connectivity index (χ3n) is 4.95. The molecule has 1 aliphatic rings. The first-order valence-corrected chi connectivity index (χ1v) is 11.2. The van der Waals surface area contributed by atoms with Crippen LogP contribution in [0.15, 0.2) is 43.8 Å². The largest absolute Gasteiger partial charge is 0.487 e. The number of halogens is 2. The zero-order chi connectivity index (χ0) is 20.5. The Morgan fingerprint density at radius 3 is 2.72 bits per heavy atom. The summed E-state index contributed by atoms with van der Waals surface area (Å²) in [4.78, 5) is 0. The summed E-state index contributed by atoms with van der Waals surface area (Å²) in [5.74, 6) is 3.48. The average Bonchev–Trinajstić information content (AvgIpc) is 3.32. The molecule has 1 heterocycles. The van der Waals surface area contributed by atoms with Gasteiger partial charge in [0.2, 0.25) is 0 Å². The third kappa shape index (κ3) is 4.38. The molecule has 151 valence electrons. The fourth-order valence-electron chi connectivity index (χ4n) is 3.49. The van der Waals surface area contributed by atoms with Gasteiger partial charge in [-0.25, -0.2) is 0 Å². The summed E-state index contributed by atoms with van der Waals surface area (Å²) in [6.07, 6.45) is 4.36. The van der Waals surface area contributed by atoms with Gasteiger partial charge in [0.1, 0.15) is 29.6 Å². The monoisotopic (exact) mass is 518 g/mol. The van der Waals surface area contributed by atoms with Crippen LogP contribution in [-0.4, -0.2) is 5.16 Å². The van der Waals surface area contributed by atoms with Crippen molar-refractivity contribution in [2.24, 2.45) is 0 Å². The number of rotatable bonds is 6. The Labute approximate surface area is 187 Å². The zero-order valence-electron chi connectivity index (χ0n) is 16.6. The molecule has 1 aromatic heterocycles. The molecule has 0 atom stereocenters. The van der Waals surface area contributed by atoms with Crippen LogP contribution in [-0.2, 0) is 13.0 Å². The van der Waals surface area contributed by atoms with Crippen LogP contribution in [0, 0.1) is 13.3 Å². The van der Waals surface area contributed by atoms with Crippen molar-refractivity contribution in [1.82, 2.24) is 5.16 Å². The van der Waals surface area contributed by atoms with E-state index < -0.39 is 0 Å². The minimum absolute atomic E-state index is 0.286. The van der Waals surface area contributed by atoms with E-state index in [4.69, 9.17) is 14.0 Å². The van der Waals surface area contributed by atoms with Gasteiger partial charge in [0.05, 0.1) is 8.95 Å². The molecule has 0 saturated heterocycles. The molecule has 0 fully saturated rings. The van der Waals surface area contributed by atoms with Gasteiger partial charge in [-0.15, -0.1) is 0 Å². The number of aromatic nitrogens is 1. The van der Waals surface area contributed by atoms with Crippen LogP contribution in [0.5, 0.6) is 17.2 Å². The third-order valence-corrected chi connectivity index (χ3v) is 6.37. The van der Waals surface area contributed by atoms with Gasteiger partial charge in [0, 0.05) is 11.6 Å². The molecular formula is C23H22Br2NO3. The normalized spacial score (nSPS) is 13.0. The average molecular weight is 520 g/mol. The molecule has 0 saturated carbocycles. The molecule has 4 rings (SSSR count). The first-order valence-electron chi connectivity index (χ1n) is 9.63. The van der Waals surface area contributed by atoms with Crippen molar-refractivity contribution in [2.45, 2.75) is 46.1 Å². The maximum atomic E-state index is 6.29. The Bertz CT molecular complexity index is 1040. The van der Waals surface area contributed by atoms with Gasteiger partial charge in [-0.05, 0) is 99.4 Å². The Morgan fingerprint density at radius 2 is 2.00 bits per heavy atom. The SMILES string of the molecule is Cc1cc(COc2ccc(Oc3c(Br)cc4c(c3Br)CC[CH]4)cc2C(C)C)no1. The van der Waals surface area contributed by atoms with E-state index in [-0.39, 0.29) is 5.92 Å². The van der Waals surface area contributed by atoms with E-state index in [2.05, 4.69) is 63.4 Å². The fraction of sp³-hybridized carbons (Fsp3) is 0.304. The van der Waals surface area contributed by atoms with Crippen LogP contribution in [0.1, 0.15) is 54.3 Å². The lowest BCUT2D eigenvalue weighted by molar-refractivity contribution is 0.284. The standard InChI is InChI=1S/C23H22Br2NO3/c1-13(2)19-11-17(7-8-21(19)27-12-16-9-14(3)29-26-16)28-23-20(24)10-15-5-4-6-18(15)22(23)25/h5,7-11,13H,4,6,12H2,1-3H3. The molecule has 0 aliphatic heterocycles. The van der Waals surface area contributed by atoms with Gasteiger partial charge in [0.25, 0.3) is 0 Å². The highest BCUT2D eigenvalue weighted by molar-refractivity contribution is 9.11. The highest BCUT2D eigenvalue weighted by Crippen LogP contribution is 2.44. The second-order valence-electron chi connectivity index (χ2n) is 7.49. The van der Waals surface area contributed by atoms with Crippen LogP contribution >= 0.6 is 31.9 Å². The second kappa shape index (κ2) is 8.52. The lowest BCUT2D eigenvalue weighted by Crippen LogP contribution is -2.01. The minimum atomic E-state index is 0.286. The smallest absolute Gasteiger partial charge is 0.156 e. The van der Waals surface area contributed by atoms with Crippen molar-refractivity contribution in [3.05, 3.63) is 73.8 Å². The predicted octanol–water partition coefficient (Wildman–Crippen LogP) is 7.50. The number of fused-ring (bicyclic) bond motifs is 1. The lowest BCUT2D eigenvalue weighted by Gasteiger charge is -2.17. The molecule has 0 unspecified atom stereocenters. The van der Waals surface area contributed by atoms with Crippen LogP contribution in [0.4, 0.5) is 0 Å². The van der Waals surface area contributed by atoms with Crippen molar-refractivity contribution in [3.63, 3.8) is 0 Å². The van der Waals surface area contributed by atoms with E-state index >= 15 is 0 Å². The molecule has 6 heteroatoms. The number of nitrogens with zero attached hydrogens (tertiary/aromatic N) is 1. The van der Waals surface area contributed by atoms with Crippen molar-refractivity contribution < 1.29 is 14.0 Å². The number of ether oxygens (including phenoxy) is 2. The number of hydrogen-bond donors (Lipinski definition) is 0. The molecule has 0 amide bonds. The Hall–Kier alpha value is -1.79. The van der Waals surface area contributed by atoms with Gasteiger partial charge < -0.3 is 14.0 Å². The van der Waals surface area contributed by atoms with E-state index in [1.54, 1.807) is 0 Å². The maximum absolute atomic E-state index is 6.29. The minimum Gasteiger partial charge on any atom is -0.487 e. The summed E-state index contributed by atoms with van der Waals surface area (Å²) in [6, 6.07) is 9.95.